The molecule has 1 atom stereocenters. The number of fused-ring (bicyclic) bond motifs is 1. The van der Waals surface area contributed by atoms with Crippen LogP contribution in [0.3, 0.4) is 0 Å². The molecule has 1 spiro atoms. The van der Waals surface area contributed by atoms with Gasteiger partial charge < -0.3 is 19.3 Å². The molecule has 3 aliphatic heterocycles. The van der Waals surface area contributed by atoms with E-state index in [2.05, 4.69) is 41.0 Å². The number of hydrogen-bond acceptors (Lipinski definition) is 9. The van der Waals surface area contributed by atoms with Gasteiger partial charge in [-0.25, -0.2) is 9.97 Å². The van der Waals surface area contributed by atoms with Gasteiger partial charge >= 0.3 is 0 Å². The fourth-order valence-corrected chi connectivity index (χ4v) is 9.16. The second kappa shape index (κ2) is 14.0. The van der Waals surface area contributed by atoms with E-state index in [1.807, 2.05) is 28.0 Å². The van der Waals surface area contributed by atoms with Crippen molar-refractivity contribution in [3.05, 3.63) is 76.1 Å². The lowest BCUT2D eigenvalue weighted by atomic mass is 9.72. The molecule has 276 valence electrons. The number of methoxy groups -OCH3 is 2. The number of halogens is 1. The Bertz CT molecular complexity index is 2090. The summed E-state index contributed by atoms with van der Waals surface area (Å²) in [6.45, 7) is 12.7. The number of carbonyl (C=O) groups excluding carboxylic acids is 2. The van der Waals surface area contributed by atoms with Gasteiger partial charge in [-0.2, -0.15) is 0 Å². The number of likely N-dealkylation sites (tertiary alicyclic amines) is 2. The molecule has 0 N–H and O–H groups in total. The number of amides is 2. The molecule has 0 unspecified atom stereocenters. The third-order valence-electron chi connectivity index (χ3n) is 11.7. The standard InChI is InChI=1S/C41H46ClN7O4/c1-25-29(31-10-7-11-32(38(31)42)34-19-43-35(39(45-34)52-4)20-46-14-16-47(17-15-46)26(2)50)8-6-9-30(25)33-18-28-12-13-36(37(28)40(44-33)53-5)49-23-41(24-49)21-48(22-41)27(3)51/h6-11,18-19,36H,12-17,20-24H2,1-5H3/t36-/m0/s1. The first-order chi connectivity index (χ1) is 25.6. The topological polar surface area (TPSA) is 104 Å². The van der Waals surface area contributed by atoms with Crippen molar-refractivity contribution in [3.63, 3.8) is 0 Å². The normalized spacial score (nSPS) is 19.5. The maximum absolute atomic E-state index is 11.8. The van der Waals surface area contributed by atoms with Crippen LogP contribution in [0.25, 0.3) is 33.6 Å². The fourth-order valence-electron chi connectivity index (χ4n) is 8.84. The molecular formula is C41H46ClN7O4. The summed E-state index contributed by atoms with van der Waals surface area (Å²) < 4.78 is 11.7. The zero-order chi connectivity index (χ0) is 37.0. The molecule has 8 rings (SSSR count). The van der Waals surface area contributed by atoms with Gasteiger partial charge in [0.1, 0.15) is 5.69 Å². The van der Waals surface area contributed by atoms with Crippen LogP contribution in [0.1, 0.15) is 48.7 Å². The van der Waals surface area contributed by atoms with E-state index < -0.39 is 0 Å². The molecule has 1 aliphatic carbocycles. The second-order valence-corrected chi connectivity index (χ2v) is 15.4. The fraction of sp³-hybridized carbons (Fsp3) is 0.439. The molecule has 4 aromatic rings. The summed E-state index contributed by atoms with van der Waals surface area (Å²) in [6, 6.07) is 14.8. The van der Waals surface area contributed by atoms with E-state index >= 15 is 0 Å². The highest BCUT2D eigenvalue weighted by Crippen LogP contribution is 2.50. The van der Waals surface area contributed by atoms with E-state index in [0.717, 1.165) is 91.3 Å². The van der Waals surface area contributed by atoms with E-state index in [9.17, 15) is 9.59 Å². The van der Waals surface area contributed by atoms with Crippen LogP contribution >= 0.6 is 11.6 Å². The van der Waals surface area contributed by atoms with Crippen molar-refractivity contribution in [1.29, 1.82) is 0 Å². The summed E-state index contributed by atoms with van der Waals surface area (Å²) in [5, 5.41) is 0.588. The lowest BCUT2D eigenvalue weighted by Crippen LogP contribution is -2.72. The number of pyridine rings is 1. The highest BCUT2D eigenvalue weighted by atomic mass is 35.5. The second-order valence-electron chi connectivity index (χ2n) is 15.1. The Labute approximate surface area is 315 Å². The number of aromatic nitrogens is 3. The van der Waals surface area contributed by atoms with Gasteiger partial charge in [0.15, 0.2) is 0 Å². The molecule has 4 aliphatic rings. The number of hydrogen-bond donors (Lipinski definition) is 0. The van der Waals surface area contributed by atoms with Gasteiger partial charge in [-0.3, -0.25) is 24.4 Å². The molecule has 53 heavy (non-hydrogen) atoms. The molecule has 12 heteroatoms. The minimum Gasteiger partial charge on any atom is -0.481 e. The molecule has 11 nitrogen and oxygen atoms in total. The minimum atomic E-state index is 0.107. The minimum absolute atomic E-state index is 0.107. The highest BCUT2D eigenvalue weighted by Gasteiger charge is 2.55. The van der Waals surface area contributed by atoms with Gasteiger partial charge in [-0.15, -0.1) is 0 Å². The van der Waals surface area contributed by atoms with Gasteiger partial charge in [0, 0.05) is 106 Å². The first kappa shape index (κ1) is 35.4. The van der Waals surface area contributed by atoms with Gasteiger partial charge in [0.05, 0.1) is 36.8 Å². The summed E-state index contributed by atoms with van der Waals surface area (Å²) in [4.78, 5) is 46.9. The van der Waals surface area contributed by atoms with Crippen molar-refractivity contribution in [2.75, 3.05) is 66.6 Å². The van der Waals surface area contributed by atoms with Crippen molar-refractivity contribution in [1.82, 2.24) is 34.6 Å². The summed E-state index contributed by atoms with van der Waals surface area (Å²) in [5.41, 5.74) is 9.81. The maximum Gasteiger partial charge on any atom is 0.237 e. The Kier molecular flexibility index (Phi) is 9.37. The van der Waals surface area contributed by atoms with Gasteiger partial charge in [-0.05, 0) is 42.5 Å². The number of carbonyl (C=O) groups is 2. The first-order valence-corrected chi connectivity index (χ1v) is 18.8. The number of ether oxygens (including phenoxy) is 2. The number of piperazine rings is 1. The van der Waals surface area contributed by atoms with E-state index in [-0.39, 0.29) is 23.3 Å². The van der Waals surface area contributed by atoms with Crippen molar-refractivity contribution in [2.45, 2.75) is 46.2 Å². The summed E-state index contributed by atoms with van der Waals surface area (Å²) in [7, 11) is 3.32. The predicted octanol–water partition coefficient (Wildman–Crippen LogP) is 5.67. The predicted molar refractivity (Wildman–Crippen MR) is 204 cm³/mol. The number of nitrogens with zero attached hydrogens (tertiary/aromatic N) is 7. The largest absolute Gasteiger partial charge is 0.481 e. The Morgan fingerprint density at radius 3 is 2.15 bits per heavy atom. The van der Waals surface area contributed by atoms with Crippen LogP contribution in [0.5, 0.6) is 11.8 Å². The molecule has 5 heterocycles. The van der Waals surface area contributed by atoms with Crippen LogP contribution in [0.2, 0.25) is 5.02 Å². The quantitative estimate of drug-likeness (QED) is 0.227. The average Bonchev–Trinajstić information content (AvgIpc) is 3.54. The Balaban J connectivity index is 1.04. The van der Waals surface area contributed by atoms with Crippen molar-refractivity contribution in [3.8, 4) is 45.4 Å². The molecular weight excluding hydrogens is 690 g/mol. The lowest BCUT2D eigenvalue weighted by Gasteiger charge is -2.61. The van der Waals surface area contributed by atoms with E-state index in [1.165, 1.54) is 11.1 Å². The van der Waals surface area contributed by atoms with E-state index in [4.69, 9.17) is 36.0 Å². The Hall–Kier alpha value is -4.58. The Morgan fingerprint density at radius 2 is 1.47 bits per heavy atom. The zero-order valence-corrected chi connectivity index (χ0v) is 31.9. The summed E-state index contributed by atoms with van der Waals surface area (Å²) in [6.07, 6.45) is 3.78. The molecule has 3 fully saturated rings. The summed E-state index contributed by atoms with van der Waals surface area (Å²) >= 11 is 7.22. The SMILES string of the molecule is COc1nc(-c2cccc(-c3cccc(-c4cc5c(c(OC)n4)[C@@H](N4CC6(CN(C(C)=O)C6)C4)CC5)c3C)c2Cl)cnc1CN1CCN(C(C)=O)CC1. The van der Waals surface area contributed by atoms with E-state index in [1.54, 1.807) is 34.3 Å². The van der Waals surface area contributed by atoms with Crippen molar-refractivity contribution < 1.29 is 19.1 Å². The Morgan fingerprint density at radius 1 is 0.830 bits per heavy atom. The molecule has 0 bridgehead atoms. The van der Waals surface area contributed by atoms with Gasteiger partial charge in [0.25, 0.3) is 0 Å². The molecule has 0 saturated carbocycles. The van der Waals surface area contributed by atoms with Gasteiger partial charge in [0.2, 0.25) is 23.6 Å². The zero-order valence-electron chi connectivity index (χ0n) is 31.1. The summed E-state index contributed by atoms with van der Waals surface area (Å²) in [5.74, 6) is 1.43. The van der Waals surface area contributed by atoms with Crippen LogP contribution in [0.4, 0.5) is 0 Å². The van der Waals surface area contributed by atoms with Crippen LogP contribution in [0, 0.1) is 12.3 Å². The van der Waals surface area contributed by atoms with Crippen LogP contribution in [-0.2, 0) is 22.6 Å². The first-order valence-electron chi connectivity index (χ1n) is 18.4. The number of rotatable bonds is 8. The lowest BCUT2D eigenvalue weighted by molar-refractivity contribution is -0.161. The molecule has 2 aromatic heterocycles. The van der Waals surface area contributed by atoms with Crippen molar-refractivity contribution in [2.24, 2.45) is 5.41 Å². The van der Waals surface area contributed by atoms with Crippen LogP contribution < -0.4 is 9.47 Å². The average molecular weight is 736 g/mol. The molecule has 2 aromatic carbocycles. The number of aryl methyl sites for hydroxylation is 1. The van der Waals surface area contributed by atoms with Crippen LogP contribution in [0.15, 0.2) is 48.7 Å². The smallest absolute Gasteiger partial charge is 0.237 e. The van der Waals surface area contributed by atoms with Gasteiger partial charge in [-0.1, -0.05) is 48.0 Å². The van der Waals surface area contributed by atoms with E-state index in [0.29, 0.717) is 42.1 Å². The number of benzene rings is 2. The molecule has 3 saturated heterocycles. The van der Waals surface area contributed by atoms with Crippen molar-refractivity contribution >= 4 is 23.4 Å². The third kappa shape index (κ3) is 6.42. The maximum atomic E-state index is 11.8. The monoisotopic (exact) mass is 735 g/mol. The van der Waals surface area contributed by atoms with Crippen LogP contribution in [-0.4, -0.2) is 113 Å². The molecule has 2 amide bonds. The highest BCUT2D eigenvalue weighted by molar-refractivity contribution is 6.36. The molecule has 0 radical (unpaired) electrons. The third-order valence-corrected chi connectivity index (χ3v) is 12.1.